The standard InChI is InChI=1S/C7H15NO2S/c1-3-7(9)8-5-4-6-11(2)10/h3-6H2,1-2H3,(H,8,9). The first-order chi connectivity index (χ1) is 5.16. The summed E-state index contributed by atoms with van der Waals surface area (Å²) in [6, 6.07) is 0. The Labute approximate surface area is 70.0 Å². The number of nitrogens with one attached hydrogen (secondary N) is 1. The monoisotopic (exact) mass is 177 g/mol. The van der Waals surface area contributed by atoms with E-state index in [9.17, 15) is 9.00 Å². The zero-order valence-corrected chi connectivity index (χ0v) is 7.87. The topological polar surface area (TPSA) is 46.2 Å². The molecule has 0 rings (SSSR count). The summed E-state index contributed by atoms with van der Waals surface area (Å²) < 4.78 is 10.6. The molecule has 1 atom stereocenters. The van der Waals surface area contributed by atoms with Crippen molar-refractivity contribution in [1.29, 1.82) is 0 Å². The van der Waals surface area contributed by atoms with Crippen LogP contribution in [0.25, 0.3) is 0 Å². The normalized spacial score (nSPS) is 12.5. The Balaban J connectivity index is 3.14. The van der Waals surface area contributed by atoms with Crippen molar-refractivity contribution in [2.24, 2.45) is 0 Å². The molecule has 3 nitrogen and oxygen atoms in total. The first-order valence-corrected chi connectivity index (χ1v) is 5.46. The van der Waals surface area contributed by atoms with Gasteiger partial charge < -0.3 is 5.32 Å². The van der Waals surface area contributed by atoms with Gasteiger partial charge in [0.25, 0.3) is 0 Å². The number of carbonyl (C=O) groups is 1. The van der Waals surface area contributed by atoms with Crippen LogP contribution in [0.3, 0.4) is 0 Å². The summed E-state index contributed by atoms with van der Waals surface area (Å²) in [6.07, 6.45) is 2.99. The summed E-state index contributed by atoms with van der Waals surface area (Å²) in [5, 5.41) is 2.71. The first kappa shape index (κ1) is 10.6. The van der Waals surface area contributed by atoms with Gasteiger partial charge in [-0.05, 0) is 6.42 Å². The number of hydrogen-bond acceptors (Lipinski definition) is 2. The van der Waals surface area contributed by atoms with Gasteiger partial charge in [-0.2, -0.15) is 0 Å². The Hall–Kier alpha value is -0.380. The fraction of sp³-hybridized carbons (Fsp3) is 0.857. The maximum absolute atomic E-state index is 10.7. The van der Waals surface area contributed by atoms with Crippen LogP contribution < -0.4 is 5.32 Å². The zero-order valence-electron chi connectivity index (χ0n) is 7.05. The molecule has 11 heavy (non-hydrogen) atoms. The SMILES string of the molecule is CCC(=O)NCCCS(C)=O. The van der Waals surface area contributed by atoms with Crippen LogP contribution in [-0.2, 0) is 15.6 Å². The molecule has 0 aliphatic heterocycles. The summed E-state index contributed by atoms with van der Waals surface area (Å²) in [7, 11) is -0.734. The minimum Gasteiger partial charge on any atom is -0.356 e. The second kappa shape index (κ2) is 6.34. The van der Waals surface area contributed by atoms with E-state index in [2.05, 4.69) is 5.32 Å². The van der Waals surface area contributed by atoms with Crippen molar-refractivity contribution in [3.05, 3.63) is 0 Å². The molecule has 0 aromatic heterocycles. The molecule has 0 bridgehead atoms. The summed E-state index contributed by atoms with van der Waals surface area (Å²) in [5.41, 5.74) is 0. The van der Waals surface area contributed by atoms with E-state index in [1.165, 1.54) is 0 Å². The molecular formula is C7H15NO2S. The Morgan fingerprint density at radius 1 is 1.55 bits per heavy atom. The van der Waals surface area contributed by atoms with Gasteiger partial charge >= 0.3 is 0 Å². The first-order valence-electron chi connectivity index (χ1n) is 3.73. The van der Waals surface area contributed by atoms with Gasteiger partial charge in [-0.1, -0.05) is 6.92 Å². The third-order valence-corrected chi connectivity index (χ3v) is 2.12. The molecule has 1 unspecified atom stereocenters. The highest BCUT2D eigenvalue weighted by Gasteiger charge is 1.95. The molecule has 4 heteroatoms. The summed E-state index contributed by atoms with van der Waals surface area (Å²) >= 11 is 0. The van der Waals surface area contributed by atoms with Crippen LogP contribution in [-0.4, -0.2) is 28.7 Å². The lowest BCUT2D eigenvalue weighted by atomic mass is 10.4. The molecule has 0 aliphatic rings. The van der Waals surface area contributed by atoms with Crippen LogP contribution in [0.5, 0.6) is 0 Å². The fourth-order valence-corrected chi connectivity index (χ4v) is 1.18. The highest BCUT2D eigenvalue weighted by molar-refractivity contribution is 7.84. The van der Waals surface area contributed by atoms with E-state index in [1.807, 2.05) is 6.92 Å². The summed E-state index contributed by atoms with van der Waals surface area (Å²) in [6.45, 7) is 2.46. The Bertz CT molecular complexity index is 147. The van der Waals surface area contributed by atoms with Crippen LogP contribution in [0.4, 0.5) is 0 Å². The lowest BCUT2D eigenvalue weighted by Gasteiger charge is -2.00. The maximum atomic E-state index is 10.7. The van der Waals surface area contributed by atoms with Crippen LogP contribution in [0.1, 0.15) is 19.8 Å². The highest BCUT2D eigenvalue weighted by Crippen LogP contribution is 1.82. The average Bonchev–Trinajstić information content (AvgIpc) is 1.97. The quantitative estimate of drug-likeness (QED) is 0.613. The predicted octanol–water partition coefficient (Wildman–Crippen LogP) is 0.281. The van der Waals surface area contributed by atoms with Crippen molar-refractivity contribution in [3.63, 3.8) is 0 Å². The van der Waals surface area contributed by atoms with E-state index < -0.39 is 10.8 Å². The van der Waals surface area contributed by atoms with Gasteiger partial charge in [0.1, 0.15) is 0 Å². The van der Waals surface area contributed by atoms with Crippen molar-refractivity contribution in [2.45, 2.75) is 19.8 Å². The lowest BCUT2D eigenvalue weighted by Crippen LogP contribution is -2.24. The largest absolute Gasteiger partial charge is 0.356 e. The third kappa shape index (κ3) is 7.52. The molecule has 0 heterocycles. The minimum absolute atomic E-state index is 0.0619. The molecule has 0 radical (unpaired) electrons. The van der Waals surface area contributed by atoms with Crippen LogP contribution in [0, 0.1) is 0 Å². The molecule has 0 aromatic carbocycles. The van der Waals surface area contributed by atoms with Gasteiger partial charge in [-0.3, -0.25) is 9.00 Å². The predicted molar refractivity (Wildman–Crippen MR) is 46.9 cm³/mol. The molecule has 0 fully saturated rings. The number of carbonyl (C=O) groups excluding carboxylic acids is 1. The van der Waals surface area contributed by atoms with Crippen molar-refractivity contribution < 1.29 is 9.00 Å². The molecule has 1 amide bonds. The van der Waals surface area contributed by atoms with Crippen molar-refractivity contribution in [3.8, 4) is 0 Å². The van der Waals surface area contributed by atoms with E-state index in [0.717, 1.165) is 6.42 Å². The molecule has 0 aromatic rings. The Morgan fingerprint density at radius 2 is 2.18 bits per heavy atom. The van der Waals surface area contributed by atoms with Crippen LogP contribution >= 0.6 is 0 Å². The van der Waals surface area contributed by atoms with E-state index in [1.54, 1.807) is 6.26 Å². The maximum Gasteiger partial charge on any atom is 0.219 e. The van der Waals surface area contributed by atoms with Crippen LogP contribution in [0.2, 0.25) is 0 Å². The van der Waals surface area contributed by atoms with Gasteiger partial charge in [-0.25, -0.2) is 0 Å². The minimum atomic E-state index is -0.734. The van der Waals surface area contributed by atoms with Gasteiger partial charge in [-0.15, -0.1) is 0 Å². The highest BCUT2D eigenvalue weighted by atomic mass is 32.2. The van der Waals surface area contributed by atoms with Gasteiger partial charge in [0.05, 0.1) is 0 Å². The van der Waals surface area contributed by atoms with Gasteiger partial charge in [0, 0.05) is 35.8 Å². The Kier molecular flexibility index (Phi) is 6.12. The average molecular weight is 177 g/mol. The second-order valence-electron chi connectivity index (χ2n) is 2.33. The fourth-order valence-electron chi connectivity index (χ4n) is 0.628. The molecule has 1 N–H and O–H groups in total. The summed E-state index contributed by atoms with van der Waals surface area (Å²) in [5.74, 6) is 0.733. The summed E-state index contributed by atoms with van der Waals surface area (Å²) in [4.78, 5) is 10.7. The van der Waals surface area contributed by atoms with Crippen molar-refractivity contribution >= 4 is 16.7 Å². The van der Waals surface area contributed by atoms with E-state index in [0.29, 0.717) is 18.7 Å². The Morgan fingerprint density at radius 3 is 2.64 bits per heavy atom. The zero-order chi connectivity index (χ0) is 8.69. The third-order valence-electron chi connectivity index (χ3n) is 1.25. The van der Waals surface area contributed by atoms with Gasteiger partial charge in [0.2, 0.25) is 5.91 Å². The molecule has 0 aliphatic carbocycles. The number of amides is 1. The van der Waals surface area contributed by atoms with E-state index in [4.69, 9.17) is 0 Å². The smallest absolute Gasteiger partial charge is 0.219 e. The second-order valence-corrected chi connectivity index (χ2v) is 3.89. The molecule has 0 spiro atoms. The molecule has 0 saturated carbocycles. The van der Waals surface area contributed by atoms with Crippen molar-refractivity contribution in [2.75, 3.05) is 18.6 Å². The molecule has 66 valence electrons. The molecular weight excluding hydrogens is 162 g/mol. The molecule has 0 saturated heterocycles. The van der Waals surface area contributed by atoms with Crippen molar-refractivity contribution in [1.82, 2.24) is 5.32 Å². The van der Waals surface area contributed by atoms with Gasteiger partial charge in [0.15, 0.2) is 0 Å². The number of hydrogen-bond donors (Lipinski definition) is 1. The number of rotatable bonds is 5. The van der Waals surface area contributed by atoms with E-state index >= 15 is 0 Å². The van der Waals surface area contributed by atoms with E-state index in [-0.39, 0.29) is 5.91 Å². The lowest BCUT2D eigenvalue weighted by molar-refractivity contribution is -0.120. The van der Waals surface area contributed by atoms with Crippen LogP contribution in [0.15, 0.2) is 0 Å².